The zero-order valence-electron chi connectivity index (χ0n) is 39.1. The SMILES string of the molecule is CCCCCCCC/C=C\CCCCCCCC(=O)OC[C@H](COP(=O)(O)OCCNC(=O)CCN1C(=O)CC(O)C1=O)OC(=O)CCCCCCC/C=C\CCCCCCCC. The minimum absolute atomic E-state index is 0.144. The number of nitrogens with zero attached hydrogens (tertiary/aromatic N) is 1. The van der Waals surface area contributed by atoms with E-state index in [1.807, 2.05) is 0 Å². The quantitative estimate of drug-likeness (QED) is 0.0172. The molecule has 364 valence electrons. The lowest BCUT2D eigenvalue weighted by molar-refractivity contribution is -0.161. The predicted molar refractivity (Wildman–Crippen MR) is 246 cm³/mol. The molecule has 0 aromatic carbocycles. The number of ether oxygens (including phenoxy) is 2. The lowest BCUT2D eigenvalue weighted by atomic mass is 10.1. The van der Waals surface area contributed by atoms with Gasteiger partial charge >= 0.3 is 19.8 Å². The van der Waals surface area contributed by atoms with Gasteiger partial charge in [0.15, 0.2) is 6.10 Å². The van der Waals surface area contributed by atoms with Crippen molar-refractivity contribution in [3.63, 3.8) is 0 Å². The summed E-state index contributed by atoms with van der Waals surface area (Å²) in [5.41, 5.74) is 0. The van der Waals surface area contributed by atoms with E-state index >= 15 is 0 Å². The highest BCUT2D eigenvalue weighted by molar-refractivity contribution is 7.47. The van der Waals surface area contributed by atoms with Crippen LogP contribution in [0.5, 0.6) is 0 Å². The predicted octanol–water partition coefficient (Wildman–Crippen LogP) is 10.3. The van der Waals surface area contributed by atoms with Crippen LogP contribution in [0.4, 0.5) is 0 Å². The number of unbranched alkanes of at least 4 members (excludes halogenated alkanes) is 22. The van der Waals surface area contributed by atoms with Crippen molar-refractivity contribution in [1.29, 1.82) is 0 Å². The zero-order valence-corrected chi connectivity index (χ0v) is 40.0. The number of hydrogen-bond acceptors (Lipinski definition) is 11. The Morgan fingerprint density at radius 3 is 1.60 bits per heavy atom. The number of hydrogen-bond donors (Lipinski definition) is 3. The third-order valence-corrected chi connectivity index (χ3v) is 11.9. The molecule has 3 amide bonds. The first kappa shape index (κ1) is 58.1. The Bertz CT molecular complexity index is 1340. The molecule has 2 unspecified atom stereocenters. The summed E-state index contributed by atoms with van der Waals surface area (Å²) in [6.07, 6.45) is 35.9. The van der Waals surface area contributed by atoms with Crippen LogP contribution in [0.2, 0.25) is 0 Å². The van der Waals surface area contributed by atoms with E-state index < -0.39 is 62.9 Å². The van der Waals surface area contributed by atoms with E-state index in [0.717, 1.165) is 81.9 Å². The fourth-order valence-corrected chi connectivity index (χ4v) is 7.82. The van der Waals surface area contributed by atoms with E-state index in [0.29, 0.717) is 12.8 Å². The van der Waals surface area contributed by atoms with Gasteiger partial charge in [0, 0.05) is 32.4 Å². The van der Waals surface area contributed by atoms with Gasteiger partial charge in [0.1, 0.15) is 12.7 Å². The molecule has 0 aromatic rings. The van der Waals surface area contributed by atoms with Crippen molar-refractivity contribution in [2.24, 2.45) is 0 Å². The third kappa shape index (κ3) is 34.2. The summed E-state index contributed by atoms with van der Waals surface area (Å²) < 4.78 is 33.6. The molecule has 0 saturated carbocycles. The largest absolute Gasteiger partial charge is 0.472 e. The van der Waals surface area contributed by atoms with Gasteiger partial charge in [0.2, 0.25) is 11.8 Å². The van der Waals surface area contributed by atoms with E-state index in [2.05, 4.69) is 43.5 Å². The number of imide groups is 1. The number of rotatable bonds is 43. The summed E-state index contributed by atoms with van der Waals surface area (Å²) >= 11 is 0. The molecular weight excluding hydrogens is 828 g/mol. The topological polar surface area (TPSA) is 195 Å². The molecule has 1 aliphatic heterocycles. The van der Waals surface area contributed by atoms with Crippen LogP contribution in [0.3, 0.4) is 0 Å². The summed E-state index contributed by atoms with van der Waals surface area (Å²) in [5.74, 6) is -2.86. The smallest absolute Gasteiger partial charge is 0.462 e. The highest BCUT2D eigenvalue weighted by Crippen LogP contribution is 2.43. The summed E-state index contributed by atoms with van der Waals surface area (Å²) in [5, 5.41) is 12.0. The molecular formula is C48H85N2O12P. The first-order valence-corrected chi connectivity index (χ1v) is 26.0. The van der Waals surface area contributed by atoms with Crippen molar-refractivity contribution < 1.29 is 57.1 Å². The van der Waals surface area contributed by atoms with E-state index in [1.165, 1.54) is 77.0 Å². The van der Waals surface area contributed by atoms with E-state index in [4.69, 9.17) is 18.5 Å². The second-order valence-electron chi connectivity index (χ2n) is 16.8. The van der Waals surface area contributed by atoms with Gasteiger partial charge in [0.05, 0.1) is 19.6 Å². The molecule has 3 N–H and O–H groups in total. The minimum Gasteiger partial charge on any atom is -0.462 e. The Labute approximate surface area is 379 Å². The van der Waals surface area contributed by atoms with Crippen molar-refractivity contribution in [3.05, 3.63) is 24.3 Å². The van der Waals surface area contributed by atoms with Gasteiger partial charge in [-0.15, -0.1) is 0 Å². The molecule has 15 heteroatoms. The van der Waals surface area contributed by atoms with Gasteiger partial charge in [-0.1, -0.05) is 141 Å². The lowest BCUT2D eigenvalue weighted by Crippen LogP contribution is -2.36. The Morgan fingerprint density at radius 1 is 0.667 bits per heavy atom. The molecule has 1 saturated heterocycles. The van der Waals surface area contributed by atoms with Crippen LogP contribution in [0.1, 0.15) is 206 Å². The first-order valence-electron chi connectivity index (χ1n) is 24.5. The zero-order chi connectivity index (χ0) is 46.2. The number of carbonyl (C=O) groups excluding carboxylic acids is 5. The molecule has 0 radical (unpaired) electrons. The van der Waals surface area contributed by atoms with E-state index in [-0.39, 0.29) is 45.4 Å². The Kier molecular flexibility index (Phi) is 36.4. The van der Waals surface area contributed by atoms with Crippen LogP contribution in [-0.4, -0.2) is 89.7 Å². The van der Waals surface area contributed by atoms with E-state index in [1.54, 1.807) is 0 Å². The number of nitrogens with one attached hydrogen (secondary N) is 1. The average Bonchev–Trinajstić information content (AvgIpc) is 3.50. The Balaban J connectivity index is 2.41. The van der Waals surface area contributed by atoms with Crippen molar-refractivity contribution in [2.75, 3.05) is 32.9 Å². The molecule has 3 atom stereocenters. The molecule has 0 aromatic heterocycles. The first-order chi connectivity index (χ1) is 30.5. The van der Waals surface area contributed by atoms with Gasteiger partial charge in [0.25, 0.3) is 5.91 Å². The fraction of sp³-hybridized carbons (Fsp3) is 0.812. The maximum absolute atomic E-state index is 12.8. The number of aliphatic hydroxyl groups is 1. The van der Waals surface area contributed by atoms with Crippen LogP contribution in [-0.2, 0) is 47.1 Å². The summed E-state index contributed by atoms with van der Waals surface area (Å²) in [6, 6.07) is 0. The number of aliphatic hydroxyl groups excluding tert-OH is 1. The summed E-state index contributed by atoms with van der Waals surface area (Å²) in [7, 11) is -4.67. The van der Waals surface area contributed by atoms with Gasteiger partial charge in [-0.2, -0.15) is 0 Å². The second-order valence-corrected chi connectivity index (χ2v) is 18.2. The number of likely N-dealkylation sites (tertiary alicyclic amines) is 1. The van der Waals surface area contributed by atoms with Crippen molar-refractivity contribution in [1.82, 2.24) is 10.2 Å². The monoisotopic (exact) mass is 913 g/mol. The molecule has 1 fully saturated rings. The van der Waals surface area contributed by atoms with Crippen LogP contribution in [0, 0.1) is 0 Å². The average molecular weight is 913 g/mol. The number of carbonyl (C=O) groups is 5. The highest BCUT2D eigenvalue weighted by atomic mass is 31.2. The summed E-state index contributed by atoms with van der Waals surface area (Å²) in [6.45, 7) is 2.75. The number of amides is 3. The van der Waals surface area contributed by atoms with Gasteiger partial charge in [-0.25, -0.2) is 4.57 Å². The third-order valence-electron chi connectivity index (χ3n) is 10.9. The minimum atomic E-state index is -4.67. The van der Waals surface area contributed by atoms with Crippen LogP contribution < -0.4 is 5.32 Å². The molecule has 0 bridgehead atoms. The van der Waals surface area contributed by atoms with Gasteiger partial charge < -0.3 is 24.8 Å². The number of phosphoric acid groups is 1. The van der Waals surface area contributed by atoms with Crippen molar-refractivity contribution in [3.8, 4) is 0 Å². The lowest BCUT2D eigenvalue weighted by Gasteiger charge is -2.20. The Morgan fingerprint density at radius 2 is 1.13 bits per heavy atom. The van der Waals surface area contributed by atoms with Crippen LogP contribution >= 0.6 is 7.82 Å². The molecule has 0 aliphatic carbocycles. The molecule has 0 spiro atoms. The van der Waals surface area contributed by atoms with Gasteiger partial charge in [-0.05, 0) is 64.2 Å². The fourth-order valence-electron chi connectivity index (χ4n) is 7.07. The van der Waals surface area contributed by atoms with Crippen molar-refractivity contribution in [2.45, 2.75) is 219 Å². The van der Waals surface area contributed by atoms with Gasteiger partial charge in [-0.3, -0.25) is 37.9 Å². The van der Waals surface area contributed by atoms with Crippen LogP contribution in [0.15, 0.2) is 24.3 Å². The van der Waals surface area contributed by atoms with Crippen LogP contribution in [0.25, 0.3) is 0 Å². The second kappa shape index (κ2) is 39.5. The molecule has 1 aliphatic rings. The number of esters is 2. The Hall–Kier alpha value is -2.90. The molecule has 14 nitrogen and oxygen atoms in total. The molecule has 1 rings (SSSR count). The highest BCUT2D eigenvalue weighted by Gasteiger charge is 2.37. The number of allylic oxidation sites excluding steroid dienone is 4. The van der Waals surface area contributed by atoms with E-state index in [9.17, 15) is 38.5 Å². The van der Waals surface area contributed by atoms with Crippen molar-refractivity contribution >= 4 is 37.5 Å². The molecule has 63 heavy (non-hydrogen) atoms. The number of phosphoric ester groups is 1. The summed E-state index contributed by atoms with van der Waals surface area (Å²) in [4.78, 5) is 72.1. The maximum atomic E-state index is 12.8. The molecule has 1 heterocycles. The standard InChI is InChI=1S/C48H85N2O12P/c1-3-5-7-9-11-13-15-17-19-21-23-25-27-29-31-33-46(54)59-40-42(62-47(55)34-32-30-28-26-24-22-20-18-16-14-12-10-8-6-4-2)41-61-63(57,58)60-38-36-49-44(52)35-37-50-45(53)39-43(51)48(50)56/h17-20,42-43,51H,3-16,21-41H2,1-2H3,(H,49,52)(H,57,58)/b19-17-,20-18-/t42-,43?/m1/s1. The normalized spacial score (nSPS) is 15.7. The maximum Gasteiger partial charge on any atom is 0.472 e.